The molecule has 6 heteroatoms. The number of methoxy groups -OCH3 is 1. The number of fused-ring (bicyclic) bond motifs is 1. The van der Waals surface area contributed by atoms with E-state index in [1.165, 1.54) is 25.7 Å². The number of carbonyl (C=O) groups excluding carboxylic acids is 1. The zero-order valence-electron chi connectivity index (χ0n) is 14.2. The van der Waals surface area contributed by atoms with E-state index in [0.29, 0.717) is 31.1 Å². The standard InChI is InChI=1S/C17H30N2O3.ClH/c1-21-8-9-22-12-13-6-7-19(11-13)17(20)16-10-14-4-2-3-5-15(14)18-16;/h13-16,18H,2-12H2,1H3;1H. The summed E-state index contributed by atoms with van der Waals surface area (Å²) >= 11 is 0. The average molecular weight is 347 g/mol. The number of nitrogens with zero attached hydrogens (tertiary/aromatic N) is 1. The molecule has 23 heavy (non-hydrogen) atoms. The van der Waals surface area contributed by atoms with Crippen LogP contribution in [0.4, 0.5) is 0 Å². The zero-order chi connectivity index (χ0) is 15.4. The Morgan fingerprint density at radius 3 is 2.83 bits per heavy atom. The average Bonchev–Trinajstić information content (AvgIpc) is 3.17. The van der Waals surface area contributed by atoms with Gasteiger partial charge in [0.05, 0.1) is 25.9 Å². The second kappa shape index (κ2) is 9.21. The topological polar surface area (TPSA) is 50.8 Å². The molecule has 0 aromatic rings. The first-order chi connectivity index (χ1) is 10.8. The SMILES string of the molecule is COCCOCC1CCN(C(=O)C2CC3CCCCC3N2)C1.Cl. The van der Waals surface area contributed by atoms with E-state index in [9.17, 15) is 4.79 Å². The molecule has 4 atom stereocenters. The molecule has 4 unspecified atom stereocenters. The molecule has 0 bridgehead atoms. The first-order valence-corrected chi connectivity index (χ1v) is 8.89. The van der Waals surface area contributed by atoms with Gasteiger partial charge in [0.15, 0.2) is 0 Å². The van der Waals surface area contributed by atoms with Crippen LogP contribution >= 0.6 is 12.4 Å². The van der Waals surface area contributed by atoms with E-state index in [4.69, 9.17) is 9.47 Å². The van der Waals surface area contributed by atoms with Gasteiger partial charge in [0.1, 0.15) is 0 Å². The molecule has 3 rings (SSSR count). The van der Waals surface area contributed by atoms with E-state index in [0.717, 1.165) is 38.5 Å². The van der Waals surface area contributed by atoms with Crippen molar-refractivity contribution in [2.24, 2.45) is 11.8 Å². The molecular formula is C17H31ClN2O3. The molecule has 0 aromatic carbocycles. The number of likely N-dealkylation sites (tertiary alicyclic amines) is 1. The predicted octanol–water partition coefficient (Wildman–Crippen LogP) is 1.84. The fourth-order valence-electron chi connectivity index (χ4n) is 4.29. The van der Waals surface area contributed by atoms with E-state index in [1.807, 2.05) is 0 Å². The van der Waals surface area contributed by atoms with Crippen LogP contribution in [0.15, 0.2) is 0 Å². The fraction of sp³-hybridized carbons (Fsp3) is 0.941. The maximum Gasteiger partial charge on any atom is 0.239 e. The van der Waals surface area contributed by atoms with Crippen molar-refractivity contribution in [3.05, 3.63) is 0 Å². The van der Waals surface area contributed by atoms with Gasteiger partial charge in [-0.05, 0) is 31.6 Å². The molecule has 5 nitrogen and oxygen atoms in total. The number of hydrogen-bond acceptors (Lipinski definition) is 4. The Balaban J connectivity index is 0.00000192. The molecule has 0 aromatic heterocycles. The fourth-order valence-corrected chi connectivity index (χ4v) is 4.29. The normalized spacial score (nSPS) is 33.3. The lowest BCUT2D eigenvalue weighted by Gasteiger charge is -2.24. The molecular weight excluding hydrogens is 316 g/mol. The number of amides is 1. The van der Waals surface area contributed by atoms with Gasteiger partial charge in [0, 0.05) is 32.2 Å². The van der Waals surface area contributed by atoms with Gasteiger partial charge in [0.25, 0.3) is 0 Å². The number of rotatable bonds is 6. The first-order valence-electron chi connectivity index (χ1n) is 8.89. The summed E-state index contributed by atoms with van der Waals surface area (Å²) in [5.41, 5.74) is 0. The molecule has 2 aliphatic heterocycles. The van der Waals surface area contributed by atoms with E-state index in [-0.39, 0.29) is 18.4 Å². The van der Waals surface area contributed by atoms with Crippen molar-refractivity contribution in [2.45, 2.75) is 50.6 Å². The number of halogens is 1. The van der Waals surface area contributed by atoms with Crippen LogP contribution in [0.2, 0.25) is 0 Å². The van der Waals surface area contributed by atoms with Gasteiger partial charge < -0.3 is 19.7 Å². The molecule has 1 N–H and O–H groups in total. The number of nitrogens with one attached hydrogen (secondary N) is 1. The minimum atomic E-state index is 0. The molecule has 2 heterocycles. The van der Waals surface area contributed by atoms with Gasteiger partial charge in [-0.3, -0.25) is 4.79 Å². The Morgan fingerprint density at radius 2 is 2.04 bits per heavy atom. The third-order valence-electron chi connectivity index (χ3n) is 5.54. The Bertz CT molecular complexity index is 369. The summed E-state index contributed by atoms with van der Waals surface area (Å²) < 4.78 is 10.6. The minimum absolute atomic E-state index is 0. The predicted molar refractivity (Wildman–Crippen MR) is 91.9 cm³/mol. The highest BCUT2D eigenvalue weighted by Gasteiger charge is 2.40. The van der Waals surface area contributed by atoms with Crippen LogP contribution in [0.3, 0.4) is 0 Å². The minimum Gasteiger partial charge on any atom is -0.382 e. The maximum absolute atomic E-state index is 12.7. The van der Waals surface area contributed by atoms with Crippen molar-refractivity contribution < 1.29 is 14.3 Å². The summed E-state index contributed by atoms with van der Waals surface area (Å²) in [6, 6.07) is 0.666. The van der Waals surface area contributed by atoms with E-state index in [1.54, 1.807) is 7.11 Å². The van der Waals surface area contributed by atoms with Crippen molar-refractivity contribution >= 4 is 18.3 Å². The lowest BCUT2D eigenvalue weighted by molar-refractivity contribution is -0.132. The van der Waals surface area contributed by atoms with Gasteiger partial charge in [-0.15, -0.1) is 12.4 Å². The van der Waals surface area contributed by atoms with Crippen molar-refractivity contribution in [3.63, 3.8) is 0 Å². The highest BCUT2D eigenvalue weighted by molar-refractivity contribution is 5.85. The van der Waals surface area contributed by atoms with Gasteiger partial charge in [-0.25, -0.2) is 0 Å². The lowest BCUT2D eigenvalue weighted by atomic mass is 9.85. The second-order valence-electron chi connectivity index (χ2n) is 7.11. The molecule has 3 aliphatic rings. The zero-order valence-corrected chi connectivity index (χ0v) is 15.0. The quantitative estimate of drug-likeness (QED) is 0.746. The molecule has 0 radical (unpaired) electrons. The summed E-state index contributed by atoms with van der Waals surface area (Å²) in [4.78, 5) is 14.8. The van der Waals surface area contributed by atoms with Crippen LogP contribution in [0.25, 0.3) is 0 Å². The van der Waals surface area contributed by atoms with E-state index >= 15 is 0 Å². The lowest BCUT2D eigenvalue weighted by Crippen LogP contribution is -2.44. The molecule has 3 fully saturated rings. The van der Waals surface area contributed by atoms with Crippen molar-refractivity contribution in [1.82, 2.24) is 10.2 Å². The van der Waals surface area contributed by atoms with Crippen LogP contribution < -0.4 is 5.32 Å². The molecule has 1 amide bonds. The molecule has 2 saturated heterocycles. The van der Waals surface area contributed by atoms with Crippen LogP contribution in [0, 0.1) is 11.8 Å². The number of ether oxygens (including phenoxy) is 2. The van der Waals surface area contributed by atoms with Crippen LogP contribution in [0.1, 0.15) is 38.5 Å². The Morgan fingerprint density at radius 1 is 1.22 bits per heavy atom. The third kappa shape index (κ3) is 4.81. The van der Waals surface area contributed by atoms with Crippen molar-refractivity contribution in [1.29, 1.82) is 0 Å². The molecule has 134 valence electrons. The summed E-state index contributed by atoms with van der Waals surface area (Å²) in [5.74, 6) is 1.55. The summed E-state index contributed by atoms with van der Waals surface area (Å²) in [6.45, 7) is 3.79. The van der Waals surface area contributed by atoms with Crippen molar-refractivity contribution in [3.8, 4) is 0 Å². The highest BCUT2D eigenvalue weighted by atomic mass is 35.5. The first kappa shape index (κ1) is 19.0. The molecule has 0 spiro atoms. The smallest absolute Gasteiger partial charge is 0.239 e. The number of hydrogen-bond donors (Lipinski definition) is 1. The van der Waals surface area contributed by atoms with Crippen LogP contribution in [-0.4, -0.2) is 62.9 Å². The monoisotopic (exact) mass is 346 g/mol. The van der Waals surface area contributed by atoms with E-state index < -0.39 is 0 Å². The largest absolute Gasteiger partial charge is 0.382 e. The highest BCUT2D eigenvalue weighted by Crippen LogP contribution is 2.34. The second-order valence-corrected chi connectivity index (χ2v) is 7.11. The Hall–Kier alpha value is -0.360. The van der Waals surface area contributed by atoms with Gasteiger partial charge in [0.2, 0.25) is 5.91 Å². The summed E-state index contributed by atoms with van der Waals surface area (Å²) in [7, 11) is 1.69. The third-order valence-corrected chi connectivity index (χ3v) is 5.54. The summed E-state index contributed by atoms with van der Waals surface area (Å²) in [6.07, 6.45) is 7.34. The van der Waals surface area contributed by atoms with Crippen LogP contribution in [0.5, 0.6) is 0 Å². The number of carbonyl (C=O) groups is 1. The maximum atomic E-state index is 12.7. The van der Waals surface area contributed by atoms with Gasteiger partial charge >= 0.3 is 0 Å². The summed E-state index contributed by atoms with van der Waals surface area (Å²) in [5, 5.41) is 3.61. The van der Waals surface area contributed by atoms with Crippen LogP contribution in [-0.2, 0) is 14.3 Å². The van der Waals surface area contributed by atoms with Gasteiger partial charge in [-0.2, -0.15) is 0 Å². The van der Waals surface area contributed by atoms with Gasteiger partial charge in [-0.1, -0.05) is 12.8 Å². The molecule has 1 saturated carbocycles. The van der Waals surface area contributed by atoms with E-state index in [2.05, 4.69) is 10.2 Å². The Kier molecular flexibility index (Phi) is 7.60. The van der Waals surface area contributed by atoms with Crippen molar-refractivity contribution in [2.75, 3.05) is 40.0 Å². The molecule has 1 aliphatic carbocycles. The Labute approximate surface area is 145 Å².